The van der Waals surface area contributed by atoms with Crippen molar-refractivity contribution >= 4 is 40.6 Å². The molecule has 9 heteroatoms. The van der Waals surface area contributed by atoms with Crippen molar-refractivity contribution in [3.63, 3.8) is 0 Å². The van der Waals surface area contributed by atoms with Gasteiger partial charge in [-0.2, -0.15) is 0 Å². The number of nitrogens with zero attached hydrogens (tertiary/aromatic N) is 1. The molecule has 4 nitrogen and oxygen atoms in total. The van der Waals surface area contributed by atoms with Crippen molar-refractivity contribution in [1.82, 2.24) is 5.32 Å². The number of hydrogen-bond acceptors (Lipinski definition) is 5. The van der Waals surface area contributed by atoms with Crippen LogP contribution in [0.3, 0.4) is 0 Å². The van der Waals surface area contributed by atoms with Gasteiger partial charge < -0.3 is 15.0 Å². The number of halogens is 3. The average molecular weight is 455 g/mol. The fraction of sp³-hybridized carbons (Fsp3) is 0.333. The van der Waals surface area contributed by atoms with E-state index in [4.69, 9.17) is 17.0 Å². The Balaban J connectivity index is 1.74. The molecular weight excluding hydrogens is 433 g/mol. The lowest BCUT2D eigenvalue weighted by Crippen LogP contribution is -2.33. The largest absolute Gasteiger partial charge is 0.465 e. The first-order valence-corrected chi connectivity index (χ1v) is 10.8. The number of thiocarbonyl (C=S) groups is 1. The zero-order chi connectivity index (χ0) is 21.7. The smallest absolute Gasteiger partial charge is 0.325 e. The van der Waals surface area contributed by atoms with Gasteiger partial charge in [-0.25, -0.2) is 13.2 Å². The number of fused-ring (bicyclic) bond motifs is 1. The Hall–Kier alpha value is -2.26. The Labute approximate surface area is 182 Å². The molecule has 30 heavy (non-hydrogen) atoms. The number of rotatable bonds is 8. The Morgan fingerprint density at radius 2 is 1.97 bits per heavy atom. The van der Waals surface area contributed by atoms with E-state index >= 15 is 0 Å². The number of benzene rings is 2. The summed E-state index contributed by atoms with van der Waals surface area (Å²) in [7, 11) is 0. The Bertz CT molecular complexity index is 928. The van der Waals surface area contributed by atoms with E-state index in [9.17, 15) is 18.0 Å². The van der Waals surface area contributed by atoms with Gasteiger partial charge in [-0.3, -0.25) is 4.79 Å². The minimum absolute atomic E-state index is 0.0348. The quantitative estimate of drug-likeness (QED) is 0.351. The summed E-state index contributed by atoms with van der Waals surface area (Å²) in [6.07, 6.45) is 0.860. The summed E-state index contributed by atoms with van der Waals surface area (Å²) in [5, 5.41) is 2.49. The molecule has 2 aromatic carbocycles. The first kappa shape index (κ1) is 22.4. The maximum atomic E-state index is 14.6. The Kier molecular flexibility index (Phi) is 7.60. The second-order valence-electron chi connectivity index (χ2n) is 6.64. The lowest BCUT2D eigenvalue weighted by Gasteiger charge is -2.27. The van der Waals surface area contributed by atoms with E-state index in [1.807, 2.05) is 30.3 Å². The molecule has 2 aromatic rings. The van der Waals surface area contributed by atoms with Gasteiger partial charge in [-0.05, 0) is 18.9 Å². The van der Waals surface area contributed by atoms with Crippen LogP contribution in [0.1, 0.15) is 25.3 Å². The number of thioether (sulfide) groups is 1. The highest BCUT2D eigenvalue weighted by atomic mass is 32.2. The van der Waals surface area contributed by atoms with Gasteiger partial charge in [-0.15, -0.1) is 0 Å². The van der Waals surface area contributed by atoms with Crippen molar-refractivity contribution in [1.29, 1.82) is 0 Å². The first-order chi connectivity index (χ1) is 14.4. The topological polar surface area (TPSA) is 41.6 Å². The summed E-state index contributed by atoms with van der Waals surface area (Å²) in [5.74, 6) is -3.46. The van der Waals surface area contributed by atoms with Gasteiger partial charge >= 0.3 is 5.97 Å². The highest BCUT2D eigenvalue weighted by Crippen LogP contribution is 2.49. The normalized spacial score (nSPS) is 15.1. The van der Waals surface area contributed by atoms with Crippen LogP contribution in [0, 0.1) is 17.5 Å². The molecule has 1 aliphatic heterocycles. The molecule has 0 bridgehead atoms. The number of carbonyl (C=O) groups excluding carboxylic acids is 1. The third-order valence-corrected chi connectivity index (χ3v) is 6.28. The highest BCUT2D eigenvalue weighted by molar-refractivity contribution is 8.00. The molecule has 1 aliphatic rings. The maximum Gasteiger partial charge on any atom is 0.325 e. The summed E-state index contributed by atoms with van der Waals surface area (Å²) < 4.78 is 47.7. The zero-order valence-electron chi connectivity index (χ0n) is 16.3. The Morgan fingerprint density at radius 3 is 2.67 bits per heavy atom. The molecule has 0 saturated heterocycles. The van der Waals surface area contributed by atoms with Gasteiger partial charge in [0.1, 0.15) is 12.4 Å². The zero-order valence-corrected chi connectivity index (χ0v) is 17.9. The van der Waals surface area contributed by atoms with E-state index in [1.54, 1.807) is 11.8 Å². The van der Waals surface area contributed by atoms with Crippen LogP contribution in [0.4, 0.5) is 18.9 Å². The van der Waals surface area contributed by atoms with Crippen LogP contribution in [-0.4, -0.2) is 29.5 Å². The van der Waals surface area contributed by atoms with E-state index in [2.05, 4.69) is 5.32 Å². The van der Waals surface area contributed by atoms with Crippen molar-refractivity contribution in [3.05, 3.63) is 59.4 Å². The molecule has 1 atom stereocenters. The molecule has 3 rings (SSSR count). The predicted octanol–water partition coefficient (Wildman–Crippen LogP) is 4.80. The number of hydrogen-bond donors (Lipinski definition) is 1. The summed E-state index contributed by atoms with van der Waals surface area (Å²) >= 11 is 6.42. The van der Waals surface area contributed by atoms with E-state index in [-0.39, 0.29) is 29.1 Å². The molecular formula is C21H21F3N2O2S2. The van der Waals surface area contributed by atoms with Crippen LogP contribution in [-0.2, 0) is 16.1 Å². The number of ether oxygens (including phenoxy) is 1. The number of nitrogens with one attached hydrogen (secondary N) is 1. The van der Waals surface area contributed by atoms with Crippen LogP contribution in [0.15, 0.2) is 41.3 Å². The third kappa shape index (κ3) is 5.26. The Morgan fingerprint density at radius 1 is 1.23 bits per heavy atom. The van der Waals surface area contributed by atoms with Gasteiger partial charge in [0.25, 0.3) is 0 Å². The van der Waals surface area contributed by atoms with Crippen LogP contribution in [0.5, 0.6) is 0 Å². The van der Waals surface area contributed by atoms with E-state index < -0.39 is 23.4 Å². The molecule has 160 valence electrons. The number of carbonyl (C=O) groups is 1. The highest BCUT2D eigenvalue weighted by Gasteiger charge is 2.36. The maximum absolute atomic E-state index is 14.6. The molecule has 1 heterocycles. The third-order valence-electron chi connectivity index (χ3n) is 4.54. The lowest BCUT2D eigenvalue weighted by atomic mass is 10.1. The fourth-order valence-electron chi connectivity index (χ4n) is 3.18. The molecule has 0 aromatic heterocycles. The summed E-state index contributed by atoms with van der Waals surface area (Å²) in [4.78, 5) is 13.7. The first-order valence-electron chi connectivity index (χ1n) is 9.47. The second kappa shape index (κ2) is 10.2. The van der Waals surface area contributed by atoms with Crippen LogP contribution in [0.25, 0.3) is 0 Å². The van der Waals surface area contributed by atoms with Crippen LogP contribution >= 0.6 is 24.0 Å². The summed E-state index contributed by atoms with van der Waals surface area (Å²) in [6.45, 7) is 2.27. The van der Waals surface area contributed by atoms with Gasteiger partial charge in [0.2, 0.25) is 0 Å². The minimum atomic E-state index is -1.21. The van der Waals surface area contributed by atoms with Crippen molar-refractivity contribution in [2.24, 2.45) is 0 Å². The molecule has 1 unspecified atom stereocenters. The van der Waals surface area contributed by atoms with E-state index in [1.165, 1.54) is 0 Å². The van der Waals surface area contributed by atoms with Gasteiger partial charge in [0, 0.05) is 19.0 Å². The molecule has 0 radical (unpaired) electrons. The molecule has 1 N–H and O–H groups in total. The average Bonchev–Trinajstić information content (AvgIpc) is 3.09. The van der Waals surface area contributed by atoms with Crippen molar-refractivity contribution in [2.45, 2.75) is 36.6 Å². The van der Waals surface area contributed by atoms with Crippen LogP contribution < -0.4 is 10.2 Å². The van der Waals surface area contributed by atoms with Crippen molar-refractivity contribution in [3.8, 4) is 0 Å². The fourth-order valence-corrected chi connectivity index (χ4v) is 4.67. The van der Waals surface area contributed by atoms with Gasteiger partial charge in [-0.1, -0.05) is 54.3 Å². The molecule has 0 fully saturated rings. The molecule has 0 saturated carbocycles. The van der Waals surface area contributed by atoms with Gasteiger partial charge in [0.15, 0.2) is 11.6 Å². The monoisotopic (exact) mass is 454 g/mol. The molecule has 0 amide bonds. The second-order valence-corrected chi connectivity index (χ2v) is 8.32. The summed E-state index contributed by atoms with van der Waals surface area (Å²) in [5.41, 5.74) is 0.833. The lowest BCUT2D eigenvalue weighted by molar-refractivity contribution is -0.141. The SMILES string of the molecule is CCOC(=O)CNC(=S)CCC1Sc2c(F)cc(F)c(F)c2N1Cc1ccccc1. The van der Waals surface area contributed by atoms with Crippen LogP contribution in [0.2, 0.25) is 0 Å². The van der Waals surface area contributed by atoms with E-state index in [0.717, 1.165) is 17.3 Å². The molecule has 0 spiro atoms. The predicted molar refractivity (Wildman–Crippen MR) is 115 cm³/mol. The number of anilines is 1. The van der Waals surface area contributed by atoms with E-state index in [0.29, 0.717) is 30.4 Å². The molecule has 0 aliphatic carbocycles. The standard InChI is InChI=1S/C21H21F3N2O2S2/c1-2-28-18(27)11-25-16(29)8-9-17-26(12-13-6-4-3-5-7-13)20-19(24)14(22)10-15(23)21(20)30-17/h3-7,10,17H,2,8-9,11-12H2,1H3,(H,25,29). The van der Waals surface area contributed by atoms with Crippen molar-refractivity contribution in [2.75, 3.05) is 18.1 Å². The minimum Gasteiger partial charge on any atom is -0.465 e. The van der Waals surface area contributed by atoms with Gasteiger partial charge in [0.05, 0.1) is 27.6 Å². The van der Waals surface area contributed by atoms with Crippen molar-refractivity contribution < 1.29 is 22.7 Å². The summed E-state index contributed by atoms with van der Waals surface area (Å²) in [6, 6.07) is 9.89. The number of esters is 1.